The Morgan fingerprint density at radius 3 is 2.73 bits per heavy atom. The zero-order valence-electron chi connectivity index (χ0n) is 11.9. The quantitative estimate of drug-likeness (QED) is 0.840. The number of amides is 1. The Kier molecular flexibility index (Phi) is 4.02. The summed E-state index contributed by atoms with van der Waals surface area (Å²) < 4.78 is 11.3. The molecule has 0 unspecified atom stereocenters. The first-order chi connectivity index (χ1) is 10.5. The number of ether oxygens (including phenoxy) is 1. The largest absolute Gasteiger partial charge is 0.486 e. The first-order valence-corrected chi connectivity index (χ1v) is 7.64. The van der Waals surface area contributed by atoms with E-state index in [0.29, 0.717) is 30.2 Å². The van der Waals surface area contributed by atoms with Gasteiger partial charge < -0.3 is 14.1 Å². The number of nitrogens with zero attached hydrogens (tertiary/aromatic N) is 1. The van der Waals surface area contributed by atoms with Gasteiger partial charge in [0.05, 0.1) is 24.7 Å². The molecule has 0 saturated carbocycles. The van der Waals surface area contributed by atoms with Crippen LogP contribution >= 0.6 is 15.9 Å². The Bertz CT molecular complexity index is 765. The van der Waals surface area contributed by atoms with Crippen molar-refractivity contribution in [2.75, 3.05) is 13.1 Å². The van der Waals surface area contributed by atoms with Gasteiger partial charge in [0.15, 0.2) is 0 Å². The van der Waals surface area contributed by atoms with Gasteiger partial charge in [0.2, 0.25) is 0 Å². The van der Waals surface area contributed by atoms with Gasteiger partial charge in [0.1, 0.15) is 17.6 Å². The van der Waals surface area contributed by atoms with E-state index in [4.69, 9.17) is 9.15 Å². The summed E-state index contributed by atoms with van der Waals surface area (Å²) >= 11 is 3.38. The van der Waals surface area contributed by atoms with Gasteiger partial charge in [0, 0.05) is 10.5 Å². The number of likely N-dealkylation sites (tertiary alicyclic amines) is 1. The second-order valence-corrected chi connectivity index (χ2v) is 6.01. The van der Waals surface area contributed by atoms with Crippen LogP contribution in [0.25, 0.3) is 0 Å². The standard InChI is InChI=1S/C16H14BrNO4/c1-10-6-11(7-15(19)21-10)22-12-8-18(9-12)16(20)13-4-2-3-5-14(13)17/h2-7,12H,8-9H2,1H3. The number of hydrogen-bond donors (Lipinski definition) is 0. The molecule has 0 atom stereocenters. The van der Waals surface area contributed by atoms with Gasteiger partial charge in [-0.25, -0.2) is 4.79 Å². The van der Waals surface area contributed by atoms with E-state index in [1.54, 1.807) is 24.0 Å². The van der Waals surface area contributed by atoms with Gasteiger partial charge in [-0.1, -0.05) is 12.1 Å². The molecule has 5 nitrogen and oxygen atoms in total. The first kappa shape index (κ1) is 14.8. The van der Waals surface area contributed by atoms with E-state index in [1.807, 2.05) is 18.2 Å². The van der Waals surface area contributed by atoms with Crippen LogP contribution in [0, 0.1) is 6.92 Å². The van der Waals surface area contributed by atoms with Crippen molar-refractivity contribution in [3.05, 3.63) is 62.6 Å². The maximum atomic E-state index is 12.3. The maximum absolute atomic E-state index is 12.3. The fourth-order valence-electron chi connectivity index (χ4n) is 2.32. The van der Waals surface area contributed by atoms with Crippen molar-refractivity contribution in [3.63, 3.8) is 0 Å². The van der Waals surface area contributed by atoms with Crippen molar-refractivity contribution in [1.82, 2.24) is 4.90 Å². The lowest BCUT2D eigenvalue weighted by molar-refractivity contribution is 0.0174. The third kappa shape index (κ3) is 3.06. The third-order valence-electron chi connectivity index (χ3n) is 3.41. The van der Waals surface area contributed by atoms with Crippen LogP contribution in [-0.2, 0) is 0 Å². The van der Waals surface area contributed by atoms with Gasteiger partial charge in [-0.3, -0.25) is 4.79 Å². The van der Waals surface area contributed by atoms with Crippen molar-refractivity contribution in [2.45, 2.75) is 13.0 Å². The fourth-order valence-corrected chi connectivity index (χ4v) is 2.77. The van der Waals surface area contributed by atoms with Crippen LogP contribution < -0.4 is 10.4 Å². The van der Waals surface area contributed by atoms with Crippen molar-refractivity contribution in [3.8, 4) is 5.75 Å². The van der Waals surface area contributed by atoms with Crippen LogP contribution in [0.5, 0.6) is 5.75 Å². The summed E-state index contributed by atoms with van der Waals surface area (Å²) in [5.41, 5.74) is 0.202. The highest BCUT2D eigenvalue weighted by molar-refractivity contribution is 9.10. The van der Waals surface area contributed by atoms with Crippen LogP contribution in [0.1, 0.15) is 16.1 Å². The molecule has 3 rings (SSSR count). The van der Waals surface area contributed by atoms with Crippen LogP contribution in [0.4, 0.5) is 0 Å². The van der Waals surface area contributed by atoms with Gasteiger partial charge in [-0.2, -0.15) is 0 Å². The highest BCUT2D eigenvalue weighted by Gasteiger charge is 2.33. The molecule has 6 heteroatoms. The Morgan fingerprint density at radius 1 is 1.32 bits per heavy atom. The fraction of sp³-hybridized carbons (Fsp3) is 0.250. The van der Waals surface area contributed by atoms with Gasteiger partial charge >= 0.3 is 5.63 Å². The summed E-state index contributed by atoms with van der Waals surface area (Å²) in [6.45, 7) is 2.69. The molecule has 1 amide bonds. The lowest BCUT2D eigenvalue weighted by atomic mass is 10.1. The lowest BCUT2D eigenvalue weighted by Crippen LogP contribution is -2.56. The zero-order chi connectivity index (χ0) is 15.7. The number of halogens is 1. The van der Waals surface area contributed by atoms with Gasteiger partial charge in [-0.05, 0) is 35.0 Å². The smallest absolute Gasteiger partial charge is 0.339 e. The summed E-state index contributed by atoms with van der Waals surface area (Å²) in [6.07, 6.45) is -0.104. The van der Waals surface area contributed by atoms with E-state index in [0.717, 1.165) is 4.47 Å². The molecule has 1 aliphatic rings. The Balaban J connectivity index is 1.61. The van der Waals surface area contributed by atoms with Crippen LogP contribution in [-0.4, -0.2) is 30.0 Å². The third-order valence-corrected chi connectivity index (χ3v) is 4.10. The molecule has 1 aromatic carbocycles. The van der Waals surface area contributed by atoms with E-state index < -0.39 is 5.63 Å². The molecule has 1 aliphatic heterocycles. The van der Waals surface area contributed by atoms with E-state index in [-0.39, 0.29) is 12.0 Å². The Hall–Kier alpha value is -2.08. The molecule has 0 N–H and O–H groups in total. The predicted octanol–water partition coefficient (Wildman–Crippen LogP) is 2.61. The lowest BCUT2D eigenvalue weighted by Gasteiger charge is -2.39. The molecule has 0 spiro atoms. The second kappa shape index (κ2) is 5.96. The SMILES string of the molecule is Cc1cc(OC2CN(C(=O)c3ccccc3Br)C2)cc(=O)o1. The minimum Gasteiger partial charge on any atom is -0.486 e. The second-order valence-electron chi connectivity index (χ2n) is 5.15. The van der Waals surface area contributed by atoms with Crippen LogP contribution in [0.3, 0.4) is 0 Å². The Labute approximate surface area is 135 Å². The minimum atomic E-state index is -0.435. The molecule has 1 fully saturated rings. The molecule has 1 saturated heterocycles. The molecule has 114 valence electrons. The molecule has 0 radical (unpaired) electrons. The summed E-state index contributed by atoms with van der Waals surface area (Å²) in [5.74, 6) is 0.950. The number of aryl methyl sites for hydroxylation is 1. The molecule has 2 heterocycles. The number of hydrogen-bond acceptors (Lipinski definition) is 4. The Morgan fingerprint density at radius 2 is 2.05 bits per heavy atom. The van der Waals surface area contributed by atoms with E-state index in [1.165, 1.54) is 6.07 Å². The van der Waals surface area contributed by atoms with E-state index in [9.17, 15) is 9.59 Å². The molecular weight excluding hydrogens is 350 g/mol. The van der Waals surface area contributed by atoms with Gasteiger partial charge in [0.25, 0.3) is 5.91 Å². The number of carbonyl (C=O) groups excluding carboxylic acids is 1. The first-order valence-electron chi connectivity index (χ1n) is 6.85. The maximum Gasteiger partial charge on any atom is 0.339 e. The van der Waals surface area contributed by atoms with E-state index >= 15 is 0 Å². The summed E-state index contributed by atoms with van der Waals surface area (Å²) in [6, 6.07) is 10.3. The van der Waals surface area contributed by atoms with E-state index in [2.05, 4.69) is 15.9 Å². The number of carbonyl (C=O) groups is 1. The van der Waals surface area contributed by atoms with Crippen molar-refractivity contribution >= 4 is 21.8 Å². The number of rotatable bonds is 3. The molecule has 2 aromatic rings. The van der Waals surface area contributed by atoms with Crippen molar-refractivity contribution in [2.24, 2.45) is 0 Å². The zero-order valence-corrected chi connectivity index (χ0v) is 13.5. The van der Waals surface area contributed by atoms with Crippen LogP contribution in [0.15, 0.2) is 50.1 Å². The highest BCUT2D eigenvalue weighted by atomic mass is 79.9. The normalized spacial score (nSPS) is 14.5. The summed E-state index contributed by atoms with van der Waals surface area (Å²) in [5, 5.41) is 0. The molecule has 0 bridgehead atoms. The monoisotopic (exact) mass is 363 g/mol. The average Bonchev–Trinajstić information content (AvgIpc) is 2.41. The highest BCUT2D eigenvalue weighted by Crippen LogP contribution is 2.23. The molecule has 0 aliphatic carbocycles. The van der Waals surface area contributed by atoms with Crippen LogP contribution in [0.2, 0.25) is 0 Å². The predicted molar refractivity (Wildman–Crippen MR) is 84.2 cm³/mol. The molecule has 22 heavy (non-hydrogen) atoms. The molecule has 1 aromatic heterocycles. The molecular formula is C16H14BrNO4. The number of benzene rings is 1. The van der Waals surface area contributed by atoms with Crippen molar-refractivity contribution < 1.29 is 13.9 Å². The average molecular weight is 364 g/mol. The van der Waals surface area contributed by atoms with Gasteiger partial charge in [-0.15, -0.1) is 0 Å². The summed E-state index contributed by atoms with van der Waals surface area (Å²) in [7, 11) is 0. The minimum absolute atomic E-state index is 0.0314. The van der Waals surface area contributed by atoms with Crippen molar-refractivity contribution in [1.29, 1.82) is 0 Å². The summed E-state index contributed by atoms with van der Waals surface area (Å²) in [4.78, 5) is 25.3. The topological polar surface area (TPSA) is 59.8 Å².